The molecule has 4 atom stereocenters. The van der Waals surface area contributed by atoms with E-state index in [4.69, 9.17) is 28.4 Å². The number of aliphatic hydroxyl groups is 1. The zero-order valence-corrected chi connectivity index (χ0v) is 21.1. The van der Waals surface area contributed by atoms with Crippen molar-refractivity contribution in [1.82, 2.24) is 0 Å². The van der Waals surface area contributed by atoms with Gasteiger partial charge in [-0.2, -0.15) is 0 Å². The molecule has 1 aliphatic carbocycles. The lowest BCUT2D eigenvalue weighted by molar-refractivity contribution is -0.191. The molecule has 1 aliphatic heterocycles. The monoisotopic (exact) mass is 492 g/mol. The van der Waals surface area contributed by atoms with Gasteiger partial charge in [0.25, 0.3) is 0 Å². The van der Waals surface area contributed by atoms with Gasteiger partial charge in [-0.25, -0.2) is 9.59 Å². The Morgan fingerprint density at radius 2 is 1.86 bits per heavy atom. The lowest BCUT2D eigenvalue weighted by Gasteiger charge is -2.39. The highest BCUT2D eigenvalue weighted by atomic mass is 16.8. The molecular weight excluding hydrogens is 456 g/mol. The van der Waals surface area contributed by atoms with Crippen molar-refractivity contribution in [3.05, 3.63) is 29.8 Å². The van der Waals surface area contributed by atoms with E-state index in [1.54, 1.807) is 31.4 Å². The van der Waals surface area contributed by atoms with Gasteiger partial charge < -0.3 is 33.5 Å². The number of hydrogen-bond donors (Lipinski definition) is 1. The van der Waals surface area contributed by atoms with E-state index in [1.807, 2.05) is 20.8 Å². The van der Waals surface area contributed by atoms with Gasteiger partial charge in [0.2, 0.25) is 0 Å². The van der Waals surface area contributed by atoms with Crippen LogP contribution in [0.4, 0.5) is 0 Å². The highest BCUT2D eigenvalue weighted by molar-refractivity contribution is 5.87. The molecule has 0 spiro atoms. The van der Waals surface area contributed by atoms with Crippen molar-refractivity contribution in [3.8, 4) is 11.5 Å². The van der Waals surface area contributed by atoms with Crippen LogP contribution in [0.2, 0.25) is 0 Å². The molecule has 0 unspecified atom stereocenters. The number of hydrogen-bond acceptors (Lipinski definition) is 9. The third-order valence-corrected chi connectivity index (χ3v) is 6.50. The number of esters is 2. The first-order chi connectivity index (χ1) is 16.7. The standard InChI is InChI=1S/C26H36O9/c1-6-13-32-18-11-9-17(14-19(18)30-4)10-12-22(27)33-20-15-25(29,24(28)31-5)16-21-23(20)35-26(7-2,8-3)34-21/h9-12,14,20-21,23,29H,6-8,13,15-16H2,1-5H3/b12-10+/t20-,21-,23+,25-/m1/s1. The zero-order chi connectivity index (χ0) is 25.6. The minimum atomic E-state index is -1.84. The minimum absolute atomic E-state index is 0.00221. The third kappa shape index (κ3) is 5.97. The molecule has 0 amide bonds. The second-order valence-electron chi connectivity index (χ2n) is 8.86. The smallest absolute Gasteiger partial charge is 0.338 e. The van der Waals surface area contributed by atoms with Crippen molar-refractivity contribution in [2.45, 2.75) is 82.6 Å². The van der Waals surface area contributed by atoms with Crippen LogP contribution in [0.1, 0.15) is 58.4 Å². The second-order valence-corrected chi connectivity index (χ2v) is 8.86. The Morgan fingerprint density at radius 1 is 1.11 bits per heavy atom. The SMILES string of the molecule is CCCOc1ccc(/C=C/C(=O)O[C@@H]2C[C@](O)(C(=O)OC)C[C@H]3OC(CC)(CC)O[C@@H]23)cc1OC. The van der Waals surface area contributed by atoms with Crippen LogP contribution in [0.3, 0.4) is 0 Å². The molecule has 0 radical (unpaired) electrons. The third-order valence-electron chi connectivity index (χ3n) is 6.50. The van der Waals surface area contributed by atoms with Gasteiger partial charge in [0.1, 0.15) is 12.2 Å². The average molecular weight is 493 g/mol. The van der Waals surface area contributed by atoms with E-state index in [9.17, 15) is 14.7 Å². The normalized spacial score (nSPS) is 27.3. The van der Waals surface area contributed by atoms with Crippen LogP contribution < -0.4 is 9.47 Å². The Labute approximate surface area is 206 Å². The molecular formula is C26H36O9. The summed E-state index contributed by atoms with van der Waals surface area (Å²) in [6.07, 6.45) is 2.64. The van der Waals surface area contributed by atoms with Crippen LogP contribution in [0.5, 0.6) is 11.5 Å². The molecule has 1 saturated heterocycles. The summed E-state index contributed by atoms with van der Waals surface area (Å²) in [5.41, 5.74) is -1.13. The Kier molecular flexibility index (Phi) is 8.79. The Hall–Kier alpha value is -2.62. The van der Waals surface area contributed by atoms with Crippen molar-refractivity contribution >= 4 is 18.0 Å². The average Bonchev–Trinajstić information content (AvgIpc) is 3.25. The van der Waals surface area contributed by atoms with Gasteiger partial charge in [0, 0.05) is 18.9 Å². The van der Waals surface area contributed by atoms with Crippen LogP contribution in [0.25, 0.3) is 6.08 Å². The maximum Gasteiger partial charge on any atom is 0.338 e. The lowest BCUT2D eigenvalue weighted by atomic mass is 9.79. The van der Waals surface area contributed by atoms with Crippen molar-refractivity contribution in [2.24, 2.45) is 0 Å². The molecule has 1 heterocycles. The number of carbonyl (C=O) groups excluding carboxylic acids is 2. The van der Waals surface area contributed by atoms with Gasteiger partial charge in [-0.05, 0) is 43.0 Å². The fraction of sp³-hybridized carbons (Fsp3) is 0.615. The summed E-state index contributed by atoms with van der Waals surface area (Å²) in [6.45, 7) is 6.46. The van der Waals surface area contributed by atoms with E-state index < -0.39 is 41.6 Å². The first-order valence-corrected chi connectivity index (χ1v) is 12.1. The topological polar surface area (TPSA) is 110 Å². The fourth-order valence-electron chi connectivity index (χ4n) is 4.55. The molecule has 35 heavy (non-hydrogen) atoms. The summed E-state index contributed by atoms with van der Waals surface area (Å²) >= 11 is 0. The molecule has 9 heteroatoms. The quantitative estimate of drug-likeness (QED) is 0.388. The van der Waals surface area contributed by atoms with E-state index in [2.05, 4.69) is 0 Å². The second kappa shape index (κ2) is 11.4. The summed E-state index contributed by atoms with van der Waals surface area (Å²) < 4.78 is 33.8. The van der Waals surface area contributed by atoms with Crippen LogP contribution in [-0.4, -0.2) is 67.6 Å². The van der Waals surface area contributed by atoms with Crippen LogP contribution in [0, 0.1) is 0 Å². The molecule has 1 saturated carbocycles. The van der Waals surface area contributed by atoms with E-state index in [1.165, 1.54) is 13.2 Å². The highest BCUT2D eigenvalue weighted by Gasteiger charge is 2.59. The first kappa shape index (κ1) is 27.0. The van der Waals surface area contributed by atoms with Gasteiger partial charge in [-0.15, -0.1) is 0 Å². The summed E-state index contributed by atoms with van der Waals surface area (Å²) in [5, 5.41) is 11.0. The molecule has 1 N–H and O–H groups in total. The summed E-state index contributed by atoms with van der Waals surface area (Å²) in [7, 11) is 2.76. The molecule has 1 aromatic carbocycles. The van der Waals surface area contributed by atoms with Crippen LogP contribution in [0.15, 0.2) is 24.3 Å². The lowest BCUT2D eigenvalue weighted by Crippen LogP contribution is -2.56. The number of benzene rings is 1. The Bertz CT molecular complexity index is 923. The van der Waals surface area contributed by atoms with Crippen molar-refractivity contribution in [1.29, 1.82) is 0 Å². The fourth-order valence-corrected chi connectivity index (χ4v) is 4.55. The first-order valence-electron chi connectivity index (χ1n) is 12.1. The van der Waals surface area contributed by atoms with Gasteiger partial charge in [0.05, 0.1) is 26.9 Å². The Morgan fingerprint density at radius 3 is 2.49 bits per heavy atom. The summed E-state index contributed by atoms with van der Waals surface area (Å²) in [5.74, 6) is -1.10. The molecule has 2 aliphatic rings. The molecule has 0 aromatic heterocycles. The molecule has 9 nitrogen and oxygen atoms in total. The predicted molar refractivity (Wildman–Crippen MR) is 127 cm³/mol. The number of rotatable bonds is 10. The maximum absolute atomic E-state index is 12.7. The highest BCUT2D eigenvalue weighted by Crippen LogP contribution is 2.45. The van der Waals surface area contributed by atoms with Gasteiger partial charge in [-0.3, -0.25) is 0 Å². The minimum Gasteiger partial charge on any atom is -0.493 e. The van der Waals surface area contributed by atoms with E-state index in [0.717, 1.165) is 6.42 Å². The number of carbonyl (C=O) groups is 2. The van der Waals surface area contributed by atoms with Crippen LogP contribution >= 0.6 is 0 Å². The van der Waals surface area contributed by atoms with Gasteiger partial charge in [0.15, 0.2) is 22.9 Å². The molecule has 0 bridgehead atoms. The van der Waals surface area contributed by atoms with Crippen molar-refractivity contribution < 1.29 is 43.1 Å². The van der Waals surface area contributed by atoms with E-state index >= 15 is 0 Å². The molecule has 1 aromatic rings. The molecule has 2 fully saturated rings. The number of ether oxygens (including phenoxy) is 6. The zero-order valence-electron chi connectivity index (χ0n) is 21.1. The van der Waals surface area contributed by atoms with Crippen molar-refractivity contribution in [2.75, 3.05) is 20.8 Å². The maximum atomic E-state index is 12.7. The summed E-state index contributed by atoms with van der Waals surface area (Å²) in [4.78, 5) is 25.1. The molecule has 3 rings (SSSR count). The van der Waals surface area contributed by atoms with Gasteiger partial charge in [-0.1, -0.05) is 26.8 Å². The predicted octanol–water partition coefficient (Wildman–Crippen LogP) is 3.41. The number of fused-ring (bicyclic) bond motifs is 1. The van der Waals surface area contributed by atoms with E-state index in [0.29, 0.717) is 36.5 Å². The van der Waals surface area contributed by atoms with Crippen molar-refractivity contribution in [3.63, 3.8) is 0 Å². The largest absolute Gasteiger partial charge is 0.493 e. The summed E-state index contributed by atoms with van der Waals surface area (Å²) in [6, 6.07) is 5.33. The molecule has 194 valence electrons. The number of methoxy groups -OCH3 is 2. The van der Waals surface area contributed by atoms with Crippen LogP contribution in [-0.2, 0) is 28.5 Å². The van der Waals surface area contributed by atoms with E-state index in [-0.39, 0.29) is 12.8 Å². The Balaban J connectivity index is 1.76. The van der Waals surface area contributed by atoms with Gasteiger partial charge >= 0.3 is 11.9 Å².